The summed E-state index contributed by atoms with van der Waals surface area (Å²) in [5.74, 6) is 0.892. The van der Waals surface area contributed by atoms with Crippen molar-refractivity contribution in [1.29, 1.82) is 0 Å². The van der Waals surface area contributed by atoms with Crippen LogP contribution in [0.5, 0.6) is 0 Å². The summed E-state index contributed by atoms with van der Waals surface area (Å²) in [7, 11) is 4.33. The largest absolute Gasteiger partial charge is 0.379 e. The molecule has 2 heterocycles. The highest BCUT2D eigenvalue weighted by molar-refractivity contribution is 4.83. The van der Waals surface area contributed by atoms with Gasteiger partial charge in [0, 0.05) is 19.6 Å². The molecule has 0 saturated carbocycles. The van der Waals surface area contributed by atoms with Crippen LogP contribution >= 0.6 is 0 Å². The second-order valence-corrected chi connectivity index (χ2v) is 6.33. The Labute approximate surface area is 107 Å². The third kappa shape index (κ3) is 5.36. The van der Waals surface area contributed by atoms with Crippen LogP contribution in [0.3, 0.4) is 0 Å². The van der Waals surface area contributed by atoms with Gasteiger partial charge in [-0.1, -0.05) is 20.8 Å². The molecule has 102 valence electrons. The van der Waals surface area contributed by atoms with Crippen LogP contribution in [0.2, 0.25) is 0 Å². The molecule has 0 aromatic heterocycles. The molecule has 2 aliphatic heterocycles. The van der Waals surface area contributed by atoms with Gasteiger partial charge in [-0.15, -0.1) is 0 Å². The van der Waals surface area contributed by atoms with E-state index in [2.05, 4.69) is 44.7 Å². The highest BCUT2D eigenvalue weighted by Crippen LogP contribution is 2.33. The Balaban J connectivity index is 0.000000181. The molecule has 2 rings (SSSR count). The maximum Gasteiger partial charge on any atom is 0.0594 e. The van der Waals surface area contributed by atoms with Crippen molar-refractivity contribution in [3.05, 3.63) is 0 Å². The van der Waals surface area contributed by atoms with E-state index in [1.807, 2.05) is 0 Å². The van der Waals surface area contributed by atoms with Crippen molar-refractivity contribution in [1.82, 2.24) is 9.80 Å². The van der Waals surface area contributed by atoms with Gasteiger partial charge in [0.2, 0.25) is 0 Å². The minimum Gasteiger partial charge on any atom is -0.379 e. The van der Waals surface area contributed by atoms with E-state index in [4.69, 9.17) is 4.74 Å². The molecule has 0 amide bonds. The zero-order valence-corrected chi connectivity index (χ0v) is 12.3. The molecule has 3 nitrogen and oxygen atoms in total. The summed E-state index contributed by atoms with van der Waals surface area (Å²) in [6.07, 6.45) is 1.36. The molecule has 0 radical (unpaired) electrons. The molecule has 2 saturated heterocycles. The van der Waals surface area contributed by atoms with Crippen LogP contribution in [-0.2, 0) is 4.74 Å². The predicted octanol–water partition coefficient (Wildman–Crippen LogP) is 1.93. The van der Waals surface area contributed by atoms with Crippen LogP contribution in [0.15, 0.2) is 0 Å². The van der Waals surface area contributed by atoms with E-state index >= 15 is 0 Å². The first-order valence-corrected chi connectivity index (χ1v) is 6.86. The quantitative estimate of drug-likeness (QED) is 0.645. The van der Waals surface area contributed by atoms with E-state index in [1.165, 1.54) is 19.5 Å². The van der Waals surface area contributed by atoms with E-state index in [1.54, 1.807) is 0 Å². The predicted molar refractivity (Wildman–Crippen MR) is 73.4 cm³/mol. The normalized spacial score (nSPS) is 30.5. The molecule has 0 aliphatic carbocycles. The Bertz CT molecular complexity index is 212. The molecule has 0 aromatic carbocycles. The van der Waals surface area contributed by atoms with Gasteiger partial charge in [-0.25, -0.2) is 0 Å². The van der Waals surface area contributed by atoms with Crippen LogP contribution in [0.1, 0.15) is 27.2 Å². The average molecular weight is 242 g/mol. The number of hydrogen-bond acceptors (Lipinski definition) is 3. The Morgan fingerprint density at radius 2 is 1.59 bits per heavy atom. The number of morpholine rings is 1. The number of ether oxygens (including phenoxy) is 1. The molecule has 0 spiro atoms. The molecule has 3 heteroatoms. The van der Waals surface area contributed by atoms with Crippen molar-refractivity contribution >= 4 is 0 Å². The first-order valence-electron chi connectivity index (χ1n) is 6.86. The van der Waals surface area contributed by atoms with Gasteiger partial charge in [0.15, 0.2) is 0 Å². The lowest BCUT2D eigenvalue weighted by atomic mass is 9.75. The molecule has 17 heavy (non-hydrogen) atoms. The molecule has 1 atom stereocenters. The van der Waals surface area contributed by atoms with Gasteiger partial charge in [-0.05, 0) is 38.4 Å². The number of piperidine rings is 1. The summed E-state index contributed by atoms with van der Waals surface area (Å²) in [5.41, 5.74) is 0.535. The van der Waals surface area contributed by atoms with E-state index in [0.717, 1.165) is 32.2 Å². The van der Waals surface area contributed by atoms with Crippen molar-refractivity contribution in [2.24, 2.45) is 11.3 Å². The molecule has 2 aliphatic rings. The van der Waals surface area contributed by atoms with Crippen LogP contribution < -0.4 is 0 Å². The highest BCUT2D eigenvalue weighted by atomic mass is 16.5. The lowest BCUT2D eigenvalue weighted by molar-refractivity contribution is 0.0503. The fourth-order valence-corrected chi connectivity index (χ4v) is 2.39. The summed E-state index contributed by atoms with van der Waals surface area (Å²) in [4.78, 5) is 4.70. The third-order valence-electron chi connectivity index (χ3n) is 4.19. The maximum atomic E-state index is 5.10. The smallest absolute Gasteiger partial charge is 0.0594 e. The fraction of sp³-hybridized carbons (Fsp3) is 1.00. The molecule has 2 fully saturated rings. The summed E-state index contributed by atoms with van der Waals surface area (Å²) in [6, 6.07) is 0. The van der Waals surface area contributed by atoms with Gasteiger partial charge < -0.3 is 14.5 Å². The van der Waals surface area contributed by atoms with Gasteiger partial charge in [-0.2, -0.15) is 0 Å². The molecular weight excluding hydrogens is 212 g/mol. The third-order valence-corrected chi connectivity index (χ3v) is 4.19. The van der Waals surface area contributed by atoms with E-state index < -0.39 is 0 Å². The monoisotopic (exact) mass is 242 g/mol. The summed E-state index contributed by atoms with van der Waals surface area (Å²) in [6.45, 7) is 13.7. The number of nitrogens with zero attached hydrogens (tertiary/aromatic N) is 2. The lowest BCUT2D eigenvalue weighted by Gasteiger charge is -2.41. The van der Waals surface area contributed by atoms with E-state index in [-0.39, 0.29) is 0 Å². The van der Waals surface area contributed by atoms with Crippen molar-refractivity contribution in [2.45, 2.75) is 27.2 Å². The number of hydrogen-bond donors (Lipinski definition) is 0. The number of likely N-dealkylation sites (tertiary alicyclic amines) is 1. The summed E-state index contributed by atoms with van der Waals surface area (Å²) >= 11 is 0. The number of rotatable bonds is 0. The molecule has 0 aromatic rings. The molecule has 1 unspecified atom stereocenters. The van der Waals surface area contributed by atoms with Crippen molar-refractivity contribution in [3.63, 3.8) is 0 Å². The average Bonchev–Trinajstić information content (AvgIpc) is 2.25. The van der Waals surface area contributed by atoms with E-state index in [0.29, 0.717) is 5.41 Å². The SMILES string of the molecule is CC1CCN(C)CC1(C)C.CN1CCOCC1. The lowest BCUT2D eigenvalue weighted by Crippen LogP contribution is -2.42. The molecule has 0 N–H and O–H groups in total. The fourth-order valence-electron chi connectivity index (χ4n) is 2.39. The van der Waals surface area contributed by atoms with Crippen LogP contribution in [0.4, 0.5) is 0 Å². The zero-order valence-electron chi connectivity index (χ0n) is 12.3. The second kappa shape index (κ2) is 6.72. The van der Waals surface area contributed by atoms with Crippen LogP contribution in [0.25, 0.3) is 0 Å². The Morgan fingerprint density at radius 1 is 1.00 bits per heavy atom. The Hall–Kier alpha value is -0.120. The van der Waals surface area contributed by atoms with Crippen LogP contribution in [-0.4, -0.2) is 63.3 Å². The standard InChI is InChI=1S/C9H19N.C5H11NO/c1-8-5-6-10(4)7-9(8,2)3;1-6-2-4-7-5-3-6/h8H,5-7H2,1-4H3;2-5H2,1H3. The van der Waals surface area contributed by atoms with Gasteiger partial charge in [0.25, 0.3) is 0 Å². The zero-order chi connectivity index (χ0) is 12.9. The first-order chi connectivity index (χ1) is 7.92. The topological polar surface area (TPSA) is 15.7 Å². The summed E-state index contributed by atoms with van der Waals surface area (Å²) in [5, 5.41) is 0. The van der Waals surface area contributed by atoms with Gasteiger partial charge in [0.1, 0.15) is 0 Å². The number of likely N-dealkylation sites (N-methyl/N-ethyl adjacent to an activating group) is 1. The highest BCUT2D eigenvalue weighted by Gasteiger charge is 2.30. The molecule has 0 bridgehead atoms. The molecular formula is C14H30N2O. The minimum absolute atomic E-state index is 0.535. The Morgan fingerprint density at radius 3 is 1.94 bits per heavy atom. The first kappa shape index (κ1) is 14.9. The van der Waals surface area contributed by atoms with E-state index in [9.17, 15) is 0 Å². The van der Waals surface area contributed by atoms with Crippen molar-refractivity contribution in [2.75, 3.05) is 53.5 Å². The second-order valence-electron chi connectivity index (χ2n) is 6.33. The van der Waals surface area contributed by atoms with Gasteiger partial charge in [0.05, 0.1) is 13.2 Å². The maximum absolute atomic E-state index is 5.10. The van der Waals surface area contributed by atoms with Crippen LogP contribution in [0, 0.1) is 11.3 Å². The van der Waals surface area contributed by atoms with Crippen molar-refractivity contribution in [3.8, 4) is 0 Å². The summed E-state index contributed by atoms with van der Waals surface area (Å²) < 4.78 is 5.10. The van der Waals surface area contributed by atoms with Gasteiger partial charge >= 0.3 is 0 Å². The van der Waals surface area contributed by atoms with Gasteiger partial charge in [-0.3, -0.25) is 0 Å². The Kier molecular flexibility index (Phi) is 5.90. The minimum atomic E-state index is 0.535. The van der Waals surface area contributed by atoms with Crippen molar-refractivity contribution < 1.29 is 4.74 Å².